The molecule has 0 aliphatic carbocycles. The molecule has 0 bridgehead atoms. The smallest absolute Gasteiger partial charge is 4.00 e. The summed E-state index contributed by atoms with van der Waals surface area (Å²) in [4.78, 5) is 0. The molecule has 0 aromatic heterocycles. The molecule has 0 spiro atoms. The van der Waals surface area contributed by atoms with Crippen LogP contribution in [0, 0.1) is 0 Å². The maximum absolute atomic E-state index is 8.46. The van der Waals surface area contributed by atoms with Crippen LogP contribution in [-0.4, -0.2) is 61.9 Å². The van der Waals surface area contributed by atoms with Crippen molar-refractivity contribution >= 4 is 61.9 Å². The van der Waals surface area contributed by atoms with Crippen LogP contribution in [-0.2, 0) is 46.8 Å². The van der Waals surface area contributed by atoms with Gasteiger partial charge in [-0.15, -0.1) is 0 Å². The van der Waals surface area contributed by atoms with Crippen LogP contribution in [0.2, 0.25) is 0 Å². The van der Waals surface area contributed by atoms with Crippen LogP contribution in [0.4, 0.5) is 0 Å². The van der Waals surface area contributed by atoms with Gasteiger partial charge in [0, 0.05) is 0 Å². The van der Waals surface area contributed by atoms with Gasteiger partial charge >= 0.3 is 120 Å². The Morgan fingerprint density at radius 1 is 0.696 bits per heavy atom. The van der Waals surface area contributed by atoms with Gasteiger partial charge in [-0.3, -0.25) is 0 Å². The summed E-state index contributed by atoms with van der Waals surface area (Å²) in [5, 5.41) is 0. The van der Waals surface area contributed by atoms with Crippen LogP contribution >= 0.6 is 0 Å². The number of hydrogen-bond acceptors (Lipinski definition) is 8. The van der Waals surface area contributed by atoms with Gasteiger partial charge < -0.3 is 0 Å². The summed E-state index contributed by atoms with van der Waals surface area (Å²) in [6, 6.07) is 10.6. The molecule has 0 aliphatic heterocycles. The van der Waals surface area contributed by atoms with Crippen molar-refractivity contribution < 1.29 is 58.0 Å². The van der Waals surface area contributed by atoms with E-state index in [0.29, 0.717) is 5.41 Å². The molecule has 0 atom stereocenters. The van der Waals surface area contributed by atoms with E-state index in [1.165, 1.54) is 5.56 Å². The fourth-order valence-electron chi connectivity index (χ4n) is 0.938. The third-order valence-electron chi connectivity index (χ3n) is 1.64. The molecule has 0 saturated carbocycles. The molecular weight excluding hydrogens is 447 g/mol. The third-order valence-corrected chi connectivity index (χ3v) is 1.64. The fourth-order valence-corrected chi connectivity index (χ4v) is 0.938. The minimum atomic E-state index is -1.75. The molecular formula is C10H14Al4O8Zr. The van der Waals surface area contributed by atoms with Crippen LogP contribution in [0.15, 0.2) is 30.3 Å². The van der Waals surface area contributed by atoms with Gasteiger partial charge in [-0.1, -0.05) is 51.1 Å². The monoisotopic (exact) mass is 460 g/mol. The van der Waals surface area contributed by atoms with Crippen LogP contribution in [0.25, 0.3) is 0 Å². The van der Waals surface area contributed by atoms with E-state index in [2.05, 4.69) is 51.1 Å². The van der Waals surface area contributed by atoms with Gasteiger partial charge in [-0.2, -0.15) is 0 Å². The largest absolute Gasteiger partial charge is 4.00 e. The Kier molecular flexibility index (Phi) is 46.3. The second-order valence-electron chi connectivity index (χ2n) is 4.00. The Morgan fingerprint density at radius 2 is 0.913 bits per heavy atom. The molecule has 13 heteroatoms. The Labute approximate surface area is 180 Å². The molecule has 0 amide bonds. The van der Waals surface area contributed by atoms with Gasteiger partial charge in [0.25, 0.3) is 0 Å². The topological polar surface area (TPSA) is 161 Å². The molecule has 0 saturated heterocycles. The molecule has 0 fully saturated rings. The Hall–Kier alpha value is 0.633. The van der Waals surface area contributed by atoms with E-state index in [1.54, 1.807) is 0 Å². The van der Waals surface area contributed by atoms with Crippen LogP contribution in [0.3, 0.4) is 0 Å². The van der Waals surface area contributed by atoms with Crippen molar-refractivity contribution in [2.45, 2.75) is 26.2 Å². The molecule has 1 aromatic carbocycles. The zero-order chi connectivity index (χ0) is 18.4. The van der Waals surface area contributed by atoms with E-state index in [9.17, 15) is 0 Å². The Morgan fingerprint density at radius 3 is 1.04 bits per heavy atom. The van der Waals surface area contributed by atoms with Crippen molar-refractivity contribution in [2.24, 2.45) is 0 Å². The van der Waals surface area contributed by atoms with Gasteiger partial charge in [0.2, 0.25) is 0 Å². The summed E-state index contributed by atoms with van der Waals surface area (Å²) in [5.74, 6) is 0. The quantitative estimate of drug-likeness (QED) is 0.356. The molecule has 1 rings (SSSR count). The van der Waals surface area contributed by atoms with Crippen molar-refractivity contribution in [2.75, 3.05) is 0 Å². The summed E-state index contributed by atoms with van der Waals surface area (Å²) < 4.78 is 67.7. The van der Waals surface area contributed by atoms with Crippen molar-refractivity contribution in [3.8, 4) is 0 Å². The van der Waals surface area contributed by atoms with Crippen LogP contribution in [0.1, 0.15) is 26.3 Å². The molecule has 0 unspecified atom stereocenters. The van der Waals surface area contributed by atoms with Crippen molar-refractivity contribution in [1.29, 1.82) is 0 Å². The Balaban J connectivity index is -0.0000000702. The molecule has 0 N–H and O–H groups in total. The number of benzene rings is 1. The van der Waals surface area contributed by atoms with Gasteiger partial charge in [-0.25, -0.2) is 0 Å². The van der Waals surface area contributed by atoms with Crippen molar-refractivity contribution in [3.63, 3.8) is 0 Å². The molecule has 23 heavy (non-hydrogen) atoms. The predicted molar refractivity (Wildman–Crippen MR) is 70.9 cm³/mol. The van der Waals surface area contributed by atoms with Crippen molar-refractivity contribution in [3.05, 3.63) is 35.9 Å². The maximum Gasteiger partial charge on any atom is 4.00 e. The summed E-state index contributed by atoms with van der Waals surface area (Å²) in [6.45, 7) is 6.67. The fraction of sp³-hybridized carbons (Fsp3) is 0.400. The first kappa shape index (κ1) is 34.9. The summed E-state index contributed by atoms with van der Waals surface area (Å²) in [7, 11) is 0. The zero-order valence-corrected chi connectivity index (χ0v) is 20.0. The van der Waals surface area contributed by atoms with Gasteiger partial charge in [0.1, 0.15) is 0 Å². The first-order valence-electron chi connectivity index (χ1n) is 5.55. The molecule has 118 valence electrons. The average Bonchev–Trinajstić information content (AvgIpc) is 2.42. The first-order valence-corrected chi connectivity index (χ1v) is 9.32. The standard InChI is InChI=1S/C10H14.4Al.8O.Zr/c1-10(2,3)9-7-5-4-6-8-9;;;;;;;;;;;;;/h4-8H,1-3H3;;;;;;;;;;;;;/q;;;;;;;;;4*-1;+4. The van der Waals surface area contributed by atoms with Gasteiger partial charge in [0.15, 0.2) is 0 Å². The summed E-state index contributed by atoms with van der Waals surface area (Å²) >= 11 is -7.00. The van der Waals surface area contributed by atoms with E-state index in [-0.39, 0.29) is 26.2 Å². The second-order valence-corrected chi connectivity index (χ2v) is 4.77. The molecule has 0 aliphatic rings. The first-order chi connectivity index (χ1) is 10.3. The van der Waals surface area contributed by atoms with E-state index in [4.69, 9.17) is 31.8 Å². The minimum Gasteiger partial charge on any atom is 4.00 e. The maximum atomic E-state index is 8.46. The van der Waals surface area contributed by atoms with E-state index >= 15 is 0 Å². The summed E-state index contributed by atoms with van der Waals surface area (Å²) in [5.41, 5.74) is 1.69. The van der Waals surface area contributed by atoms with Crippen molar-refractivity contribution in [1.82, 2.24) is 0 Å². The van der Waals surface area contributed by atoms with Gasteiger partial charge in [0.05, 0.1) is 0 Å². The Bertz CT molecular complexity index is 351. The zero-order valence-electron chi connectivity index (χ0n) is 13.0. The predicted octanol–water partition coefficient (Wildman–Crippen LogP) is -3.77. The van der Waals surface area contributed by atoms with E-state index in [0.717, 1.165) is 0 Å². The molecule has 1 aromatic rings. The summed E-state index contributed by atoms with van der Waals surface area (Å²) in [6.07, 6.45) is 0. The van der Waals surface area contributed by atoms with E-state index in [1.807, 2.05) is 0 Å². The molecule has 8 nitrogen and oxygen atoms in total. The SMILES string of the molecule is CC(C)(C)c1ccccc1.[O]=[Al][O-].[O]=[Al][O-].[O]=[Al][O-].[O]=[Al][O-].[Zr+4]. The normalized spacial score (nSPS) is 6.39. The van der Waals surface area contributed by atoms with E-state index < -0.39 is 61.9 Å². The number of hydrogen-bond donors (Lipinski definition) is 0. The third kappa shape index (κ3) is 45.0. The molecule has 0 heterocycles. The number of rotatable bonds is 0. The van der Waals surface area contributed by atoms with Crippen LogP contribution in [0.5, 0.6) is 0 Å². The van der Waals surface area contributed by atoms with Gasteiger partial charge in [-0.05, 0) is 11.0 Å². The minimum absolute atomic E-state index is 0. The molecule has 0 radical (unpaired) electrons. The van der Waals surface area contributed by atoms with Crippen LogP contribution < -0.4 is 16.6 Å². The average molecular weight is 461 g/mol. The second kappa shape index (κ2) is 30.5.